The second kappa shape index (κ2) is 5.67. The summed E-state index contributed by atoms with van der Waals surface area (Å²) in [4.78, 5) is 15.6. The van der Waals surface area contributed by atoms with E-state index < -0.39 is 5.97 Å². The van der Waals surface area contributed by atoms with Crippen molar-refractivity contribution in [1.29, 1.82) is 0 Å². The Kier molecular flexibility index (Phi) is 4.48. The number of aliphatic imine (C=N–C) groups is 1. The molecule has 0 aromatic carbocycles. The molecule has 98 valence electrons. The molecule has 0 unspecified atom stereocenters. The first-order chi connectivity index (χ1) is 8.47. The van der Waals surface area contributed by atoms with E-state index in [4.69, 9.17) is 0 Å². The second-order valence-electron chi connectivity index (χ2n) is 4.11. The number of rotatable bonds is 4. The molecule has 4 heteroatoms. The van der Waals surface area contributed by atoms with Crippen LogP contribution >= 0.6 is 0 Å². The first kappa shape index (κ1) is 14.2. The van der Waals surface area contributed by atoms with Gasteiger partial charge < -0.3 is 9.67 Å². The van der Waals surface area contributed by atoms with Gasteiger partial charge in [-0.1, -0.05) is 13.5 Å². The van der Waals surface area contributed by atoms with Gasteiger partial charge in [0.2, 0.25) is 0 Å². The summed E-state index contributed by atoms with van der Waals surface area (Å²) in [7, 11) is 1.62. The lowest BCUT2D eigenvalue weighted by atomic mass is 10.1. The predicted octanol–water partition coefficient (Wildman–Crippen LogP) is 0.943. The Hall–Kier alpha value is -1.84. The second-order valence-corrected chi connectivity index (χ2v) is 4.11. The van der Waals surface area contributed by atoms with Crippen molar-refractivity contribution in [3.8, 4) is 0 Å². The van der Waals surface area contributed by atoms with Crippen molar-refractivity contribution in [2.24, 2.45) is 4.99 Å². The van der Waals surface area contributed by atoms with Crippen LogP contribution in [0.25, 0.3) is 12.2 Å². The zero-order valence-electron chi connectivity index (χ0n) is 11.4. The molecule has 0 radical (unpaired) electrons. The van der Waals surface area contributed by atoms with Crippen LogP contribution in [0.3, 0.4) is 0 Å². The van der Waals surface area contributed by atoms with Crippen molar-refractivity contribution in [2.75, 3.05) is 7.05 Å². The lowest BCUT2D eigenvalue weighted by molar-refractivity contribution is -0.130. The third kappa shape index (κ3) is 2.37. The van der Waals surface area contributed by atoms with Crippen LogP contribution in [0.4, 0.5) is 0 Å². The minimum atomic E-state index is -0.949. The molecular formula is C14H20N2O2. The minimum Gasteiger partial charge on any atom is -0.478 e. The Morgan fingerprint density at radius 1 is 1.50 bits per heavy atom. The molecule has 0 aliphatic carbocycles. The Labute approximate surface area is 107 Å². The highest BCUT2D eigenvalue weighted by molar-refractivity contribution is 6.40. The first-order valence-corrected chi connectivity index (χ1v) is 6.06. The lowest BCUT2D eigenvalue weighted by Crippen LogP contribution is -2.35. The largest absolute Gasteiger partial charge is 0.478 e. The number of aliphatic carboxylic acids is 1. The van der Waals surface area contributed by atoms with Gasteiger partial charge in [0.05, 0.1) is 11.1 Å². The van der Waals surface area contributed by atoms with Crippen LogP contribution in [-0.4, -0.2) is 28.4 Å². The molecule has 18 heavy (non-hydrogen) atoms. The Morgan fingerprint density at radius 2 is 2.11 bits per heavy atom. The van der Waals surface area contributed by atoms with Crippen molar-refractivity contribution in [3.05, 3.63) is 22.3 Å². The zero-order chi connectivity index (χ0) is 13.9. The number of aromatic nitrogens is 1. The molecule has 1 N–H and O–H groups in total. The van der Waals surface area contributed by atoms with Gasteiger partial charge in [-0.3, -0.25) is 4.99 Å². The van der Waals surface area contributed by atoms with E-state index in [2.05, 4.69) is 11.6 Å². The minimum absolute atomic E-state index is 0.264. The molecule has 0 atom stereocenters. The van der Waals surface area contributed by atoms with Gasteiger partial charge in [-0.25, -0.2) is 4.79 Å². The number of nitrogens with zero attached hydrogens (tertiary/aromatic N) is 2. The van der Waals surface area contributed by atoms with E-state index in [0.717, 1.165) is 10.9 Å². The number of carbonyl (C=O) groups is 1. The van der Waals surface area contributed by atoms with E-state index in [1.807, 2.05) is 31.4 Å². The molecule has 1 heterocycles. The molecule has 1 rings (SSSR count). The number of hydrogen-bond acceptors (Lipinski definition) is 2. The average Bonchev–Trinajstić information content (AvgIpc) is 2.59. The van der Waals surface area contributed by atoms with Crippen molar-refractivity contribution >= 4 is 23.8 Å². The highest BCUT2D eigenvalue weighted by Crippen LogP contribution is 2.03. The Bertz CT molecular complexity index is 594. The van der Waals surface area contributed by atoms with Gasteiger partial charge in [0.15, 0.2) is 0 Å². The van der Waals surface area contributed by atoms with Crippen LogP contribution in [-0.2, 0) is 11.3 Å². The van der Waals surface area contributed by atoms with Crippen LogP contribution in [0.1, 0.15) is 26.0 Å². The van der Waals surface area contributed by atoms with E-state index in [1.54, 1.807) is 7.05 Å². The van der Waals surface area contributed by atoms with Crippen LogP contribution in [0, 0.1) is 6.92 Å². The van der Waals surface area contributed by atoms with Gasteiger partial charge in [-0.2, -0.15) is 0 Å². The molecule has 0 bridgehead atoms. The standard InChI is InChI=1S/C14H20N2O2/c1-6-11(15-5)12(14(17)18)13-9(3)8-10(4)16(13)7-2/h8H,3,6-7H2,1-2,4-5H3,(H,17,18)/b13-12-,15-11?. The molecule has 1 aromatic heterocycles. The maximum atomic E-state index is 11.5. The predicted molar refractivity (Wildman–Crippen MR) is 74.3 cm³/mol. The maximum absolute atomic E-state index is 11.5. The molecule has 1 aromatic rings. The first-order valence-electron chi connectivity index (χ1n) is 6.06. The summed E-state index contributed by atoms with van der Waals surface area (Å²) < 4.78 is 1.96. The highest BCUT2D eigenvalue weighted by Gasteiger charge is 2.17. The maximum Gasteiger partial charge on any atom is 0.339 e. The summed E-state index contributed by atoms with van der Waals surface area (Å²) in [6, 6.07) is 1.91. The van der Waals surface area contributed by atoms with Crippen molar-refractivity contribution in [3.63, 3.8) is 0 Å². The molecule has 4 nitrogen and oxygen atoms in total. The van der Waals surface area contributed by atoms with Crippen molar-refractivity contribution in [2.45, 2.75) is 33.7 Å². The summed E-state index contributed by atoms with van der Waals surface area (Å²) in [5, 5.41) is 10.9. The molecule has 0 saturated heterocycles. The van der Waals surface area contributed by atoms with Gasteiger partial charge in [-0.15, -0.1) is 0 Å². The normalized spacial score (nSPS) is 13.7. The number of hydrogen-bond donors (Lipinski definition) is 1. The van der Waals surface area contributed by atoms with E-state index in [0.29, 0.717) is 24.0 Å². The Balaban J connectivity index is 3.88. The summed E-state index contributed by atoms with van der Waals surface area (Å²) in [6.07, 6.45) is 0.589. The number of carboxylic acids is 1. The van der Waals surface area contributed by atoms with Gasteiger partial charge in [0, 0.05) is 19.3 Å². The quantitative estimate of drug-likeness (QED) is 0.806. The third-order valence-corrected chi connectivity index (χ3v) is 3.04. The Morgan fingerprint density at radius 3 is 2.50 bits per heavy atom. The third-order valence-electron chi connectivity index (χ3n) is 3.04. The lowest BCUT2D eigenvalue weighted by Gasteiger charge is -2.08. The summed E-state index contributed by atoms with van der Waals surface area (Å²) in [6.45, 7) is 10.5. The fourth-order valence-electron chi connectivity index (χ4n) is 2.26. The van der Waals surface area contributed by atoms with Crippen LogP contribution in [0.5, 0.6) is 0 Å². The van der Waals surface area contributed by atoms with Crippen LogP contribution < -0.4 is 10.6 Å². The fraction of sp³-hybridized carbons (Fsp3) is 0.429. The van der Waals surface area contributed by atoms with E-state index in [9.17, 15) is 9.90 Å². The molecule has 0 saturated carbocycles. The highest BCUT2D eigenvalue weighted by atomic mass is 16.4. The van der Waals surface area contributed by atoms with E-state index in [1.165, 1.54) is 0 Å². The van der Waals surface area contributed by atoms with E-state index >= 15 is 0 Å². The molecular weight excluding hydrogens is 228 g/mol. The van der Waals surface area contributed by atoms with Gasteiger partial charge in [0.25, 0.3) is 0 Å². The average molecular weight is 248 g/mol. The molecule has 0 spiro atoms. The van der Waals surface area contributed by atoms with Crippen molar-refractivity contribution in [1.82, 2.24) is 4.57 Å². The topological polar surface area (TPSA) is 54.6 Å². The summed E-state index contributed by atoms with van der Waals surface area (Å²) >= 11 is 0. The van der Waals surface area contributed by atoms with Gasteiger partial charge in [-0.05, 0) is 31.6 Å². The van der Waals surface area contributed by atoms with Gasteiger partial charge >= 0.3 is 5.97 Å². The molecule has 0 fully saturated rings. The SMILES string of the molecule is C=c1cc(C)n(CC)/c1=C(\C(=O)O)C(CC)=NC. The van der Waals surface area contributed by atoms with E-state index in [-0.39, 0.29) is 5.57 Å². The van der Waals surface area contributed by atoms with Gasteiger partial charge in [0.1, 0.15) is 5.57 Å². The van der Waals surface area contributed by atoms with Crippen LogP contribution in [0.2, 0.25) is 0 Å². The van der Waals surface area contributed by atoms with Crippen LogP contribution in [0.15, 0.2) is 11.1 Å². The summed E-state index contributed by atoms with van der Waals surface area (Å²) in [5.41, 5.74) is 1.88. The smallest absolute Gasteiger partial charge is 0.339 e. The number of aryl methyl sites for hydroxylation is 1. The molecule has 0 aliphatic rings. The number of carboxylic acid groups (broad SMARTS) is 1. The molecule has 0 aliphatic heterocycles. The summed E-state index contributed by atoms with van der Waals surface area (Å²) in [5.74, 6) is -0.949. The molecule has 0 amide bonds. The van der Waals surface area contributed by atoms with Crippen molar-refractivity contribution < 1.29 is 9.90 Å². The zero-order valence-corrected chi connectivity index (χ0v) is 11.4. The fourth-order valence-corrected chi connectivity index (χ4v) is 2.26. The monoisotopic (exact) mass is 248 g/mol.